The van der Waals surface area contributed by atoms with Crippen molar-refractivity contribution in [2.75, 3.05) is 7.11 Å². The highest BCUT2D eigenvalue weighted by Crippen LogP contribution is 2.33. The van der Waals surface area contributed by atoms with E-state index < -0.39 is 35.9 Å². The molecule has 1 aromatic heterocycles. The van der Waals surface area contributed by atoms with Crippen molar-refractivity contribution >= 4 is 6.26 Å². The molecule has 1 fully saturated rings. The number of rotatable bonds is 3. The van der Waals surface area contributed by atoms with Crippen molar-refractivity contribution in [1.82, 2.24) is 9.55 Å². The number of nitrogens with one attached hydrogen (secondary N) is 1. The minimum absolute atomic E-state index is 0.362. The van der Waals surface area contributed by atoms with Crippen molar-refractivity contribution < 1.29 is 15.6 Å². The van der Waals surface area contributed by atoms with E-state index in [0.29, 0.717) is 0 Å². The Labute approximate surface area is 104 Å². The van der Waals surface area contributed by atoms with Gasteiger partial charge < -0.3 is 14.3 Å². The summed E-state index contributed by atoms with van der Waals surface area (Å²) in [6, 6.07) is 1.18. The number of hydrogen-bond acceptors (Lipinski definition) is 5. The van der Waals surface area contributed by atoms with Gasteiger partial charge in [0.05, 0.1) is 0 Å². The third-order valence-corrected chi connectivity index (χ3v) is 3.08. The lowest BCUT2D eigenvalue weighted by Crippen LogP contribution is -2.36. The van der Waals surface area contributed by atoms with E-state index in [1.165, 1.54) is 19.4 Å². The van der Waals surface area contributed by atoms with Gasteiger partial charge in [0.2, 0.25) is 0 Å². The molecule has 1 N–H and O–H groups in total. The number of hydrogen-bond donors (Lipinski definition) is 1. The molecule has 1 aliphatic heterocycles. The van der Waals surface area contributed by atoms with Gasteiger partial charge in [-0.25, -0.2) is 4.79 Å². The van der Waals surface area contributed by atoms with Crippen LogP contribution < -0.4 is 11.2 Å². The number of carbonyl (C=O) groups excluding carboxylic acids is 1. The maximum atomic E-state index is 11.7. The van der Waals surface area contributed by atoms with Gasteiger partial charge in [0.15, 0.2) is 6.23 Å². The van der Waals surface area contributed by atoms with Crippen molar-refractivity contribution in [3.8, 4) is 0 Å². The number of H-pyrrole nitrogens is 1. The minimum Gasteiger partial charge on any atom is -0.376 e. The number of aromatic nitrogens is 2. The van der Waals surface area contributed by atoms with Gasteiger partial charge in [-0.2, -0.15) is 0 Å². The summed E-state index contributed by atoms with van der Waals surface area (Å²) >= 11 is 0. The fourth-order valence-electron chi connectivity index (χ4n) is 2.10. The molecule has 7 heteroatoms. The molecule has 2 rings (SSSR count). The Balaban J connectivity index is 2.41. The van der Waals surface area contributed by atoms with Gasteiger partial charge in [-0.05, 0) is 0 Å². The predicted molar refractivity (Wildman–Crippen MR) is 61.3 cm³/mol. The van der Waals surface area contributed by atoms with Crippen LogP contribution in [0, 0.1) is 5.92 Å². The van der Waals surface area contributed by atoms with Crippen LogP contribution in [0.5, 0.6) is 0 Å². The zero-order valence-electron chi connectivity index (χ0n) is 11.0. The third-order valence-electron chi connectivity index (χ3n) is 3.08. The molecule has 0 aromatic carbocycles. The Morgan fingerprint density at radius 1 is 1.61 bits per heavy atom. The topological polar surface area (TPSA) is 90.4 Å². The van der Waals surface area contributed by atoms with E-state index in [2.05, 4.69) is 4.98 Å². The SMILES string of the molecule is [2H]C(=O)[C@H]1O[C@@H](n2ccc(=O)[nH]c2=O)C(OC)[C@H]1C. The van der Waals surface area contributed by atoms with Gasteiger partial charge in [0.25, 0.3) is 5.56 Å². The maximum absolute atomic E-state index is 11.7. The van der Waals surface area contributed by atoms with Gasteiger partial charge in [-0.15, -0.1) is 0 Å². The molecule has 1 aliphatic rings. The normalized spacial score (nSPS) is 32.2. The molecule has 0 spiro atoms. The Kier molecular flexibility index (Phi) is 3.07. The quantitative estimate of drug-likeness (QED) is 0.720. The number of ether oxygens (including phenoxy) is 2. The smallest absolute Gasteiger partial charge is 0.330 e. The monoisotopic (exact) mass is 255 g/mol. The van der Waals surface area contributed by atoms with Gasteiger partial charge in [0.1, 0.15) is 19.8 Å². The molecule has 0 radical (unpaired) electrons. The molecule has 18 heavy (non-hydrogen) atoms. The highest BCUT2D eigenvalue weighted by molar-refractivity contribution is 5.57. The first-order chi connectivity index (χ1) is 8.95. The van der Waals surface area contributed by atoms with Crippen molar-refractivity contribution in [3.63, 3.8) is 0 Å². The highest BCUT2D eigenvalue weighted by atomic mass is 16.6. The van der Waals surface area contributed by atoms with Gasteiger partial charge in [-0.1, -0.05) is 6.92 Å². The molecule has 1 aromatic rings. The number of aldehydes is 1. The number of aromatic amines is 1. The Morgan fingerprint density at radius 3 is 2.89 bits per heavy atom. The molecule has 1 saturated heterocycles. The van der Waals surface area contributed by atoms with E-state index in [1.54, 1.807) is 6.92 Å². The first-order valence-electron chi connectivity index (χ1n) is 5.96. The second kappa shape index (κ2) is 4.87. The van der Waals surface area contributed by atoms with Crippen LogP contribution in [0.2, 0.25) is 0 Å². The summed E-state index contributed by atoms with van der Waals surface area (Å²) in [7, 11) is 1.44. The maximum Gasteiger partial charge on any atom is 0.330 e. The van der Waals surface area contributed by atoms with Crippen LogP contribution in [0.1, 0.15) is 14.5 Å². The van der Waals surface area contributed by atoms with Crippen molar-refractivity contribution in [1.29, 1.82) is 0 Å². The summed E-state index contributed by atoms with van der Waals surface area (Å²) in [5.74, 6) is -0.362. The first-order valence-corrected chi connectivity index (χ1v) is 5.46. The van der Waals surface area contributed by atoms with Crippen LogP contribution in [0.15, 0.2) is 21.9 Å². The average molecular weight is 255 g/mol. The largest absolute Gasteiger partial charge is 0.376 e. The Hall–Kier alpha value is -1.73. The van der Waals surface area contributed by atoms with Crippen LogP contribution in [-0.2, 0) is 14.3 Å². The summed E-state index contributed by atoms with van der Waals surface area (Å²) in [6.45, 7) is 1.71. The van der Waals surface area contributed by atoms with Crippen LogP contribution in [0.25, 0.3) is 0 Å². The van der Waals surface area contributed by atoms with Gasteiger partial charge in [-0.3, -0.25) is 14.3 Å². The fraction of sp³-hybridized carbons (Fsp3) is 0.545. The number of nitrogens with zero attached hydrogens (tertiary/aromatic N) is 1. The minimum atomic E-state index is -0.950. The van der Waals surface area contributed by atoms with Gasteiger partial charge in [0, 0.05) is 25.3 Å². The Morgan fingerprint density at radius 2 is 2.33 bits per heavy atom. The third kappa shape index (κ3) is 2.02. The lowest BCUT2D eigenvalue weighted by Gasteiger charge is -2.20. The number of carbonyl (C=O) groups is 1. The van der Waals surface area contributed by atoms with Crippen LogP contribution in [0.3, 0.4) is 0 Å². The summed E-state index contributed by atoms with van der Waals surface area (Å²) in [6.07, 6.45) is -1.93. The lowest BCUT2D eigenvalue weighted by atomic mass is 10.0. The van der Waals surface area contributed by atoms with Crippen molar-refractivity contribution in [2.24, 2.45) is 5.92 Å². The van der Waals surface area contributed by atoms with E-state index in [-0.39, 0.29) is 5.92 Å². The van der Waals surface area contributed by atoms with E-state index in [4.69, 9.17) is 10.8 Å². The molecular weight excluding hydrogens is 240 g/mol. The van der Waals surface area contributed by atoms with E-state index in [0.717, 1.165) is 4.57 Å². The predicted octanol–water partition coefficient (Wildman–Crippen LogP) is -0.716. The molecule has 98 valence electrons. The second-order valence-corrected chi connectivity index (χ2v) is 4.14. The molecule has 0 saturated carbocycles. The summed E-state index contributed by atoms with van der Waals surface area (Å²) < 4.78 is 19.0. The van der Waals surface area contributed by atoms with E-state index in [9.17, 15) is 14.4 Å². The molecule has 0 aliphatic carbocycles. The zero-order valence-corrected chi connectivity index (χ0v) is 9.95. The molecule has 2 heterocycles. The van der Waals surface area contributed by atoms with Gasteiger partial charge >= 0.3 is 5.69 Å². The lowest BCUT2D eigenvalue weighted by molar-refractivity contribution is -0.121. The molecule has 0 amide bonds. The van der Waals surface area contributed by atoms with E-state index in [1.807, 2.05) is 0 Å². The zero-order chi connectivity index (χ0) is 14.2. The first kappa shape index (κ1) is 11.4. The second-order valence-electron chi connectivity index (χ2n) is 4.14. The fourth-order valence-corrected chi connectivity index (χ4v) is 2.10. The number of methoxy groups -OCH3 is 1. The van der Waals surface area contributed by atoms with Crippen LogP contribution >= 0.6 is 0 Å². The average Bonchev–Trinajstić information content (AvgIpc) is 2.66. The summed E-state index contributed by atoms with van der Waals surface area (Å²) in [5.41, 5.74) is -1.17. The molecule has 1 unspecified atom stereocenters. The summed E-state index contributed by atoms with van der Waals surface area (Å²) in [4.78, 5) is 36.0. The molecular formula is C11H14N2O5. The molecule has 0 bridgehead atoms. The highest BCUT2D eigenvalue weighted by Gasteiger charge is 2.43. The standard InChI is InChI=1S/C11H14N2O5/c1-6-7(5-14)18-10(9(6)17-2)13-4-3-8(15)12-11(13)16/h3-7,9-10H,1-2H3,(H,12,15,16)/t6-,7+,9?,10+/m0/s1/i5D. The van der Waals surface area contributed by atoms with Crippen LogP contribution in [-0.4, -0.2) is 35.1 Å². The van der Waals surface area contributed by atoms with E-state index >= 15 is 0 Å². The van der Waals surface area contributed by atoms with Crippen LogP contribution in [0.4, 0.5) is 0 Å². The van der Waals surface area contributed by atoms with Crippen molar-refractivity contribution in [2.45, 2.75) is 25.4 Å². The molecule has 4 atom stereocenters. The summed E-state index contributed by atoms with van der Waals surface area (Å²) in [5, 5.41) is 0. The van der Waals surface area contributed by atoms with Crippen molar-refractivity contribution in [3.05, 3.63) is 33.1 Å². The molecule has 7 nitrogen and oxygen atoms in total. The Bertz CT molecular complexity index is 595.